The molecule has 0 aromatic heterocycles. The Morgan fingerprint density at radius 3 is 1.20 bits per heavy atom. The lowest BCUT2D eigenvalue weighted by Gasteiger charge is -2.39. The lowest BCUT2D eigenvalue weighted by molar-refractivity contribution is 0.0724. The Morgan fingerprint density at radius 1 is 0.400 bits per heavy atom. The Hall–Kier alpha value is -8.04. The molecule has 9 nitrogen and oxygen atoms in total. The van der Waals surface area contributed by atoms with Gasteiger partial charge < -0.3 is 23.7 Å². The first-order valence-electron chi connectivity index (χ1n) is 26.1. The topological polar surface area (TPSA) is 114 Å². The van der Waals surface area contributed by atoms with E-state index in [1.807, 2.05) is 81.4 Å². The van der Waals surface area contributed by atoms with Crippen molar-refractivity contribution in [1.29, 1.82) is 0 Å². The van der Waals surface area contributed by atoms with Crippen molar-refractivity contribution < 1.29 is 42.9 Å². The van der Waals surface area contributed by atoms with Crippen molar-refractivity contribution in [2.75, 3.05) is 7.11 Å². The van der Waals surface area contributed by atoms with E-state index in [2.05, 4.69) is 55.5 Å². The maximum Gasteiger partial charge on any atom is 0.519 e. The first-order chi connectivity index (χ1) is 36.2. The number of methoxy groups -OCH3 is 1. The number of esters is 2. The summed E-state index contributed by atoms with van der Waals surface area (Å²) in [6, 6.07) is 46.1. The van der Waals surface area contributed by atoms with E-state index in [9.17, 15) is 19.2 Å². The number of benzene rings is 8. The van der Waals surface area contributed by atoms with Gasteiger partial charge in [0.15, 0.2) is 5.78 Å². The summed E-state index contributed by atoms with van der Waals surface area (Å²) in [5.41, 5.74) is 9.38. The van der Waals surface area contributed by atoms with Gasteiger partial charge in [0.05, 0.1) is 18.2 Å². The average Bonchev–Trinajstić information content (AvgIpc) is 3.43. The smallest absolute Gasteiger partial charge is 0.496 e. The summed E-state index contributed by atoms with van der Waals surface area (Å²) in [5, 5.41) is 2.93. The molecule has 0 heterocycles. The largest absolute Gasteiger partial charge is 0.519 e. The highest BCUT2D eigenvalue weighted by Gasteiger charge is 2.38. The first kappa shape index (κ1) is 50.5. The van der Waals surface area contributed by atoms with Crippen LogP contribution in [0.1, 0.15) is 147 Å². The van der Waals surface area contributed by atoms with Crippen molar-refractivity contribution in [3.63, 3.8) is 0 Å². The Bertz CT molecular complexity index is 3540. The van der Waals surface area contributed by atoms with E-state index in [-0.39, 0.29) is 16.6 Å². The van der Waals surface area contributed by atoms with Crippen LogP contribution >= 0.6 is 0 Å². The summed E-state index contributed by atoms with van der Waals surface area (Å²) in [6.07, 6.45) is 9.91. The zero-order valence-electron chi connectivity index (χ0n) is 43.6. The minimum absolute atomic E-state index is 0.0741. The van der Waals surface area contributed by atoms with Gasteiger partial charge >= 0.3 is 18.1 Å². The van der Waals surface area contributed by atoms with Crippen molar-refractivity contribution in [3.8, 4) is 28.7 Å². The fraction of sp³-hybridized carbons (Fsp3) is 0.273. The van der Waals surface area contributed by atoms with Crippen LogP contribution in [0.15, 0.2) is 146 Å². The third-order valence-corrected chi connectivity index (χ3v) is 15.9. The molecule has 0 unspecified atom stereocenters. The molecule has 0 radical (unpaired) electrons. The molecule has 380 valence electrons. The number of ether oxygens (including phenoxy) is 5. The van der Waals surface area contributed by atoms with Gasteiger partial charge in [0.2, 0.25) is 0 Å². The predicted octanol–water partition coefficient (Wildman–Crippen LogP) is 16.0. The van der Waals surface area contributed by atoms with Crippen LogP contribution in [0.4, 0.5) is 4.79 Å². The summed E-state index contributed by atoms with van der Waals surface area (Å²) >= 11 is 0. The molecule has 0 bridgehead atoms. The van der Waals surface area contributed by atoms with Gasteiger partial charge in [-0.15, -0.1) is 0 Å². The highest BCUT2D eigenvalue weighted by molar-refractivity contribution is 6.09. The van der Waals surface area contributed by atoms with Crippen LogP contribution < -0.4 is 23.7 Å². The van der Waals surface area contributed by atoms with E-state index in [1.54, 1.807) is 43.5 Å². The van der Waals surface area contributed by atoms with Crippen LogP contribution in [0.3, 0.4) is 0 Å². The molecule has 10 rings (SSSR count). The molecule has 2 aliphatic carbocycles. The maximum atomic E-state index is 13.7. The number of aryl methyl sites for hydroxylation is 4. The van der Waals surface area contributed by atoms with Crippen LogP contribution in [-0.2, 0) is 10.8 Å². The second kappa shape index (κ2) is 21.1. The summed E-state index contributed by atoms with van der Waals surface area (Å²) in [7, 11) is 1.71. The van der Waals surface area contributed by atoms with E-state index in [0.717, 1.165) is 108 Å². The molecule has 0 spiro atoms. The number of carbonyl (C=O) groups is 4. The zero-order chi connectivity index (χ0) is 52.4. The van der Waals surface area contributed by atoms with E-state index in [4.69, 9.17) is 23.7 Å². The second-order valence-electron chi connectivity index (χ2n) is 20.6. The lowest BCUT2D eigenvalue weighted by atomic mass is 9.65. The van der Waals surface area contributed by atoms with Crippen LogP contribution in [0.5, 0.6) is 28.7 Å². The number of hydrogen-bond acceptors (Lipinski definition) is 9. The maximum absolute atomic E-state index is 13.7. The fourth-order valence-corrected chi connectivity index (χ4v) is 11.8. The number of ketones is 1. The summed E-state index contributed by atoms with van der Waals surface area (Å²) in [6.45, 7) is 9.48. The molecule has 75 heavy (non-hydrogen) atoms. The molecular formula is C66H62O9. The van der Waals surface area contributed by atoms with Crippen molar-refractivity contribution in [2.45, 2.75) is 110 Å². The van der Waals surface area contributed by atoms with Crippen LogP contribution in [-0.4, -0.2) is 31.0 Å². The highest BCUT2D eigenvalue weighted by atomic mass is 16.7. The Kier molecular flexibility index (Phi) is 14.2. The van der Waals surface area contributed by atoms with Crippen LogP contribution in [0, 0.1) is 27.7 Å². The van der Waals surface area contributed by atoms with E-state index in [1.165, 1.54) is 24.5 Å². The van der Waals surface area contributed by atoms with Crippen molar-refractivity contribution in [2.24, 2.45) is 0 Å². The first-order valence-corrected chi connectivity index (χ1v) is 26.1. The quantitative estimate of drug-likeness (QED) is 0.0511. The molecule has 2 aliphatic rings. The predicted molar refractivity (Wildman–Crippen MR) is 293 cm³/mol. The molecule has 0 amide bonds. The number of rotatable bonds is 12. The van der Waals surface area contributed by atoms with E-state index >= 15 is 0 Å². The minimum atomic E-state index is -0.869. The van der Waals surface area contributed by atoms with E-state index in [0.29, 0.717) is 50.5 Å². The van der Waals surface area contributed by atoms with Crippen molar-refractivity contribution >= 4 is 45.4 Å². The third kappa shape index (κ3) is 10.0. The fourth-order valence-electron chi connectivity index (χ4n) is 11.8. The van der Waals surface area contributed by atoms with Gasteiger partial charge in [0, 0.05) is 21.8 Å². The van der Waals surface area contributed by atoms with E-state index < -0.39 is 18.1 Å². The monoisotopic (exact) mass is 998 g/mol. The van der Waals surface area contributed by atoms with Gasteiger partial charge in [-0.2, -0.15) is 0 Å². The summed E-state index contributed by atoms with van der Waals surface area (Å²) in [5.74, 6) is 1.58. The molecule has 0 aliphatic heterocycles. The van der Waals surface area contributed by atoms with Crippen LogP contribution in [0.2, 0.25) is 0 Å². The highest BCUT2D eigenvalue weighted by Crippen LogP contribution is 2.48. The molecular weight excluding hydrogens is 937 g/mol. The van der Waals surface area contributed by atoms with Gasteiger partial charge in [-0.05, 0) is 182 Å². The SMILES string of the molecule is COc1ccc(C2(c3ccc(OC(=O)c4ccc5cc(C(=O)Oc6ccc(C7(c8ccc(OC(=O)Oc9ccc(C(C)=O)c%10ccccc9%10)c(C)c8)CCCCC7)cc6C)ccc5c4)c(C)c3)CCCCC2)cc1C. The second-order valence-corrected chi connectivity index (χ2v) is 20.6. The molecule has 8 aromatic rings. The summed E-state index contributed by atoms with van der Waals surface area (Å²) in [4.78, 5) is 52.8. The molecule has 8 aromatic carbocycles. The molecule has 2 fully saturated rings. The third-order valence-electron chi connectivity index (χ3n) is 15.9. The minimum Gasteiger partial charge on any atom is -0.496 e. The van der Waals surface area contributed by atoms with Gasteiger partial charge in [0.1, 0.15) is 28.7 Å². The van der Waals surface area contributed by atoms with Crippen molar-refractivity contribution in [1.82, 2.24) is 0 Å². The Balaban J connectivity index is 0.806. The standard InChI is InChI=1S/C66H62O9/c1-41-35-50(21-26-57(41)71-6)65(31-11-7-12-32-65)51-22-27-58(42(2)36-51)72-62(68)48-19-17-47-40-49(20-18-46(47)39-48)63(69)73-59-28-23-52(37-43(59)3)66(33-13-8-14-34-66)53-24-29-60(44(4)38-53)74-64(70)75-61-30-25-54(45(5)67)55-15-9-10-16-56(55)61/h9-10,15-30,35-40H,7-8,11-14,31-34H2,1-6H3. The van der Waals surface area contributed by atoms with Crippen molar-refractivity contribution in [3.05, 3.63) is 207 Å². The zero-order valence-corrected chi connectivity index (χ0v) is 43.6. The normalized spacial score (nSPS) is 15.0. The average molecular weight is 999 g/mol. The Labute approximate surface area is 438 Å². The molecule has 2 saturated carbocycles. The van der Waals surface area contributed by atoms with Gasteiger partial charge in [-0.1, -0.05) is 123 Å². The number of hydrogen-bond donors (Lipinski definition) is 0. The Morgan fingerprint density at radius 2 is 0.787 bits per heavy atom. The van der Waals surface area contributed by atoms with Gasteiger partial charge in [-0.25, -0.2) is 14.4 Å². The molecule has 0 saturated heterocycles. The summed E-state index contributed by atoms with van der Waals surface area (Å²) < 4.78 is 29.1. The number of Topliss-reactive ketones (excluding diaryl/α,β-unsaturated/α-hetero) is 1. The van der Waals surface area contributed by atoms with Gasteiger partial charge in [0.25, 0.3) is 0 Å². The number of carbonyl (C=O) groups excluding carboxylic acids is 4. The van der Waals surface area contributed by atoms with Crippen LogP contribution in [0.25, 0.3) is 21.5 Å². The molecule has 0 N–H and O–H groups in total. The molecule has 0 atom stereocenters. The van der Waals surface area contributed by atoms with Gasteiger partial charge in [-0.3, -0.25) is 4.79 Å². The molecule has 9 heteroatoms. The lowest BCUT2D eigenvalue weighted by Crippen LogP contribution is -2.30. The number of fused-ring (bicyclic) bond motifs is 2.